The summed E-state index contributed by atoms with van der Waals surface area (Å²) in [5.41, 5.74) is 3.03. The van der Waals surface area contributed by atoms with Crippen molar-refractivity contribution < 1.29 is 14.7 Å². The lowest BCUT2D eigenvalue weighted by Gasteiger charge is -2.15. The van der Waals surface area contributed by atoms with Gasteiger partial charge in [-0.15, -0.1) is 0 Å². The molecule has 0 radical (unpaired) electrons. The first-order valence-corrected chi connectivity index (χ1v) is 5.49. The van der Waals surface area contributed by atoms with Crippen LogP contribution in [0.3, 0.4) is 0 Å². The molecule has 0 bridgehead atoms. The molecule has 0 fully saturated rings. The highest BCUT2D eigenvalue weighted by Crippen LogP contribution is 2.29. The number of fused-ring (bicyclic) bond motifs is 1. The zero-order valence-electron chi connectivity index (χ0n) is 8.89. The van der Waals surface area contributed by atoms with Gasteiger partial charge in [0.15, 0.2) is 0 Å². The Bertz CT molecular complexity index is 510. The van der Waals surface area contributed by atoms with Gasteiger partial charge in [0.25, 0.3) is 0 Å². The van der Waals surface area contributed by atoms with Crippen LogP contribution in [0.5, 0.6) is 0 Å². The average Bonchev–Trinajstić information content (AvgIpc) is 2.61. The molecule has 0 saturated heterocycles. The Labute approximate surface area is 103 Å². The predicted octanol–water partition coefficient (Wildman–Crippen LogP) is 2.03. The molecule has 88 valence electrons. The number of halogens is 1. The molecule has 1 aliphatic heterocycles. The zero-order chi connectivity index (χ0) is 12.4. The van der Waals surface area contributed by atoms with Crippen molar-refractivity contribution in [3.63, 3.8) is 0 Å². The van der Waals surface area contributed by atoms with E-state index in [0.29, 0.717) is 18.7 Å². The smallest absolute Gasteiger partial charge is 0.335 e. The van der Waals surface area contributed by atoms with Crippen LogP contribution in [0.1, 0.15) is 15.9 Å². The van der Waals surface area contributed by atoms with Gasteiger partial charge < -0.3 is 10.0 Å². The van der Waals surface area contributed by atoms with Crippen molar-refractivity contribution in [2.45, 2.75) is 6.42 Å². The number of carboxylic acid groups (broad SMARTS) is 1. The van der Waals surface area contributed by atoms with Crippen LogP contribution >= 0.6 is 11.6 Å². The van der Waals surface area contributed by atoms with E-state index in [1.807, 2.05) is 0 Å². The molecule has 1 N–H and O–H groups in total. The van der Waals surface area contributed by atoms with Crippen molar-refractivity contribution >= 4 is 29.2 Å². The third-order valence-corrected chi connectivity index (χ3v) is 2.82. The summed E-state index contributed by atoms with van der Waals surface area (Å²) in [5.74, 6) is -1.04. The van der Waals surface area contributed by atoms with Crippen LogP contribution in [-0.4, -0.2) is 23.5 Å². The van der Waals surface area contributed by atoms with Crippen molar-refractivity contribution in [2.75, 3.05) is 11.4 Å². The van der Waals surface area contributed by atoms with E-state index in [2.05, 4.69) is 0 Å². The van der Waals surface area contributed by atoms with E-state index in [4.69, 9.17) is 16.7 Å². The van der Waals surface area contributed by atoms with Gasteiger partial charge in [0.2, 0.25) is 5.91 Å². The van der Waals surface area contributed by atoms with Gasteiger partial charge in [-0.05, 0) is 17.7 Å². The molecule has 17 heavy (non-hydrogen) atoms. The number of carboxylic acids is 1. The number of nitrogens with zero attached hydrogens (tertiary/aromatic N) is 1. The molecule has 1 aromatic carbocycles. The Hall–Kier alpha value is -1.81. The van der Waals surface area contributed by atoms with Gasteiger partial charge in [0.05, 0.1) is 12.0 Å². The van der Waals surface area contributed by atoms with E-state index in [9.17, 15) is 9.59 Å². The highest BCUT2D eigenvalue weighted by molar-refractivity contribution is 6.25. The third-order valence-electron chi connectivity index (χ3n) is 2.64. The molecule has 0 saturated carbocycles. The summed E-state index contributed by atoms with van der Waals surface area (Å²) >= 11 is 5.42. The van der Waals surface area contributed by atoms with Crippen LogP contribution in [0.25, 0.3) is 0 Å². The highest BCUT2D eigenvalue weighted by atomic mass is 35.5. The molecule has 0 aromatic heterocycles. The summed E-state index contributed by atoms with van der Waals surface area (Å²) in [6.45, 7) is 0.360. The van der Waals surface area contributed by atoms with Crippen LogP contribution in [-0.2, 0) is 11.2 Å². The quantitative estimate of drug-likeness (QED) is 0.894. The second kappa shape index (κ2) is 4.59. The molecule has 0 unspecified atom stereocenters. The van der Waals surface area contributed by atoms with Crippen LogP contribution in [0.15, 0.2) is 29.8 Å². The molecule has 0 atom stereocenters. The van der Waals surface area contributed by atoms with Crippen molar-refractivity contribution in [2.24, 2.45) is 0 Å². The molecule has 5 heteroatoms. The summed E-state index contributed by atoms with van der Waals surface area (Å²) < 4.78 is 0. The Morgan fingerprint density at radius 1 is 1.53 bits per heavy atom. The predicted molar refractivity (Wildman–Crippen MR) is 64.5 cm³/mol. The first kappa shape index (κ1) is 11.7. The van der Waals surface area contributed by atoms with Crippen LogP contribution < -0.4 is 4.90 Å². The Balaban J connectivity index is 2.39. The van der Waals surface area contributed by atoms with Crippen molar-refractivity contribution in [1.82, 2.24) is 0 Å². The first-order chi connectivity index (χ1) is 8.13. The standard InChI is InChI=1S/C12H10ClNO3/c13-4-1-5-14-10-6-9(12(16)17)3-2-8(10)7-11(14)15/h1-4,6H,5,7H2,(H,16,17)/b4-1+. The minimum atomic E-state index is -1.00. The molecule has 1 amide bonds. The fraction of sp³-hybridized carbons (Fsp3) is 0.167. The normalized spacial score (nSPS) is 14.4. The minimum absolute atomic E-state index is 0.0442. The van der Waals surface area contributed by atoms with Crippen LogP contribution in [0.4, 0.5) is 5.69 Å². The Morgan fingerprint density at radius 2 is 2.29 bits per heavy atom. The molecule has 0 spiro atoms. The zero-order valence-corrected chi connectivity index (χ0v) is 9.65. The lowest BCUT2D eigenvalue weighted by Crippen LogP contribution is -2.26. The number of carbonyl (C=O) groups is 2. The van der Waals surface area contributed by atoms with E-state index in [1.54, 1.807) is 12.1 Å². The number of aromatic carboxylic acids is 1. The van der Waals surface area contributed by atoms with Gasteiger partial charge in [-0.1, -0.05) is 23.7 Å². The largest absolute Gasteiger partial charge is 0.478 e. The van der Waals surface area contributed by atoms with Gasteiger partial charge in [-0.2, -0.15) is 0 Å². The molecule has 0 aliphatic carbocycles. The minimum Gasteiger partial charge on any atom is -0.478 e. The lowest BCUT2D eigenvalue weighted by molar-refractivity contribution is -0.117. The SMILES string of the molecule is O=C(O)c1ccc2c(c1)N(C/C=C/Cl)C(=O)C2. The van der Waals surface area contributed by atoms with Crippen molar-refractivity contribution in [1.29, 1.82) is 0 Å². The number of hydrogen-bond donors (Lipinski definition) is 1. The topological polar surface area (TPSA) is 57.6 Å². The molecule has 1 heterocycles. The molecule has 1 aliphatic rings. The molecular formula is C12H10ClNO3. The van der Waals surface area contributed by atoms with E-state index >= 15 is 0 Å². The van der Waals surface area contributed by atoms with Crippen molar-refractivity contribution in [3.8, 4) is 0 Å². The Morgan fingerprint density at radius 3 is 2.94 bits per heavy atom. The van der Waals surface area contributed by atoms with Gasteiger partial charge >= 0.3 is 5.97 Å². The lowest BCUT2D eigenvalue weighted by atomic mass is 10.1. The van der Waals surface area contributed by atoms with Crippen molar-refractivity contribution in [3.05, 3.63) is 40.9 Å². The maximum absolute atomic E-state index is 11.7. The van der Waals surface area contributed by atoms with Crippen LogP contribution in [0.2, 0.25) is 0 Å². The maximum Gasteiger partial charge on any atom is 0.335 e. The summed E-state index contributed by atoms with van der Waals surface area (Å²) in [6.07, 6.45) is 1.95. The monoisotopic (exact) mass is 251 g/mol. The van der Waals surface area contributed by atoms with E-state index in [0.717, 1.165) is 5.56 Å². The van der Waals surface area contributed by atoms with Gasteiger partial charge in [-0.25, -0.2) is 4.79 Å². The first-order valence-electron chi connectivity index (χ1n) is 5.05. The van der Waals surface area contributed by atoms with Gasteiger partial charge in [-0.3, -0.25) is 4.79 Å². The fourth-order valence-electron chi connectivity index (χ4n) is 1.84. The summed E-state index contributed by atoms with van der Waals surface area (Å²) in [4.78, 5) is 24.1. The third kappa shape index (κ3) is 2.17. The van der Waals surface area contributed by atoms with E-state index in [-0.39, 0.29) is 11.5 Å². The average molecular weight is 252 g/mol. The van der Waals surface area contributed by atoms with E-state index < -0.39 is 5.97 Å². The van der Waals surface area contributed by atoms with Crippen LogP contribution in [0, 0.1) is 0 Å². The van der Waals surface area contributed by atoms with E-state index in [1.165, 1.54) is 22.6 Å². The number of benzene rings is 1. The summed E-state index contributed by atoms with van der Waals surface area (Å²) in [7, 11) is 0. The Kier molecular flexibility index (Phi) is 3.15. The number of anilines is 1. The summed E-state index contributed by atoms with van der Waals surface area (Å²) in [5, 5.41) is 8.91. The van der Waals surface area contributed by atoms with Gasteiger partial charge in [0, 0.05) is 17.8 Å². The second-order valence-corrected chi connectivity index (χ2v) is 3.94. The summed E-state index contributed by atoms with van der Waals surface area (Å²) in [6, 6.07) is 4.71. The fourth-order valence-corrected chi connectivity index (χ4v) is 1.92. The number of hydrogen-bond acceptors (Lipinski definition) is 2. The number of rotatable bonds is 3. The molecule has 1 aromatic rings. The maximum atomic E-state index is 11.7. The molecular weight excluding hydrogens is 242 g/mol. The molecule has 4 nitrogen and oxygen atoms in total. The number of amides is 1. The number of carbonyl (C=O) groups excluding carboxylic acids is 1. The highest BCUT2D eigenvalue weighted by Gasteiger charge is 2.27. The second-order valence-electron chi connectivity index (χ2n) is 3.69. The molecule has 2 rings (SSSR count). The van der Waals surface area contributed by atoms with Gasteiger partial charge in [0.1, 0.15) is 0 Å².